The Hall–Kier alpha value is -1.30. The maximum atomic E-state index is 13.0. The minimum Gasteiger partial charge on any atom is -0.413 e. The average Bonchev–Trinajstić information content (AvgIpc) is 3.33. The molecule has 3 aliphatic carbocycles. The smallest absolute Gasteiger partial charge is 0.296 e. The van der Waals surface area contributed by atoms with Crippen molar-refractivity contribution in [1.82, 2.24) is 0 Å². The molecule has 6 atom stereocenters. The molecule has 3 saturated carbocycles. The number of fused-ring (bicyclic) bond motifs is 1. The molecule has 0 radical (unpaired) electrons. The normalized spacial score (nSPS) is 29.8. The predicted octanol–water partition coefficient (Wildman–Crippen LogP) is 11.5. The van der Waals surface area contributed by atoms with Crippen LogP contribution in [0.4, 0.5) is 0 Å². The highest BCUT2D eigenvalue weighted by Crippen LogP contribution is 2.59. The lowest BCUT2D eigenvalue weighted by Crippen LogP contribution is -2.49. The van der Waals surface area contributed by atoms with Crippen LogP contribution in [-0.4, -0.2) is 43.9 Å². The third-order valence-electron chi connectivity index (χ3n) is 13.3. The second-order valence-electron chi connectivity index (χ2n) is 18.9. The topological polar surface area (TPSA) is 61.8 Å². The lowest BCUT2D eigenvalue weighted by atomic mass is 9.61. The molecule has 276 valence electrons. The van der Waals surface area contributed by atoms with E-state index < -0.39 is 26.8 Å². The fourth-order valence-corrected chi connectivity index (χ4v) is 11.7. The molecule has 8 heteroatoms. The third kappa shape index (κ3) is 9.02. The van der Waals surface area contributed by atoms with Gasteiger partial charge in [-0.1, -0.05) is 97.4 Å². The molecule has 1 aromatic carbocycles. The Kier molecular flexibility index (Phi) is 12.1. The molecule has 0 aliphatic heterocycles. The number of benzene rings is 1. The summed E-state index contributed by atoms with van der Waals surface area (Å²) >= 11 is 0. The molecule has 0 spiro atoms. The molecule has 5 nitrogen and oxygen atoms in total. The van der Waals surface area contributed by atoms with Crippen molar-refractivity contribution in [2.75, 3.05) is 6.61 Å². The zero-order valence-corrected chi connectivity index (χ0v) is 36.0. The second-order valence-corrected chi connectivity index (χ2v) is 30.0. The van der Waals surface area contributed by atoms with Crippen LogP contribution in [0, 0.1) is 30.1 Å². The molecule has 0 bridgehead atoms. The predicted molar refractivity (Wildman–Crippen MR) is 210 cm³/mol. The fourth-order valence-electron chi connectivity index (χ4n) is 8.07. The molecule has 0 aromatic heterocycles. The van der Waals surface area contributed by atoms with Crippen molar-refractivity contribution < 1.29 is 21.5 Å². The lowest BCUT2D eigenvalue weighted by Gasteiger charge is -2.45. The molecule has 0 N–H and O–H groups in total. The molecular formula is C41H68O5SSi2. The van der Waals surface area contributed by atoms with Crippen LogP contribution in [0.5, 0.6) is 0 Å². The summed E-state index contributed by atoms with van der Waals surface area (Å²) in [5.74, 6) is 1.05. The first kappa shape index (κ1) is 40.5. The van der Waals surface area contributed by atoms with Crippen molar-refractivity contribution in [3.63, 3.8) is 0 Å². The monoisotopic (exact) mass is 728 g/mol. The Balaban J connectivity index is 1.55. The van der Waals surface area contributed by atoms with Crippen LogP contribution in [-0.2, 0) is 23.2 Å². The molecule has 1 aromatic rings. The summed E-state index contributed by atoms with van der Waals surface area (Å²) in [6.45, 7) is 34.7. The highest BCUT2D eigenvalue weighted by atomic mass is 32.2. The van der Waals surface area contributed by atoms with Gasteiger partial charge in [-0.15, -0.1) is 0 Å². The van der Waals surface area contributed by atoms with Gasteiger partial charge in [0.2, 0.25) is 0 Å². The number of aryl methyl sites for hydroxylation is 1. The van der Waals surface area contributed by atoms with Crippen molar-refractivity contribution in [2.24, 2.45) is 23.2 Å². The largest absolute Gasteiger partial charge is 0.413 e. The van der Waals surface area contributed by atoms with Crippen LogP contribution >= 0.6 is 0 Å². The highest BCUT2D eigenvalue weighted by Gasteiger charge is 2.51. The Bertz CT molecular complexity index is 1510. The van der Waals surface area contributed by atoms with E-state index >= 15 is 0 Å². The van der Waals surface area contributed by atoms with Gasteiger partial charge in [0.1, 0.15) is 0 Å². The number of rotatable bonds is 10. The van der Waals surface area contributed by atoms with E-state index in [1.807, 2.05) is 19.1 Å². The van der Waals surface area contributed by atoms with Gasteiger partial charge in [-0.05, 0) is 128 Å². The van der Waals surface area contributed by atoms with E-state index in [0.29, 0.717) is 11.8 Å². The molecule has 0 saturated heterocycles. The molecule has 0 amide bonds. The van der Waals surface area contributed by atoms with Gasteiger partial charge in [-0.3, -0.25) is 4.18 Å². The van der Waals surface area contributed by atoms with Gasteiger partial charge >= 0.3 is 0 Å². The van der Waals surface area contributed by atoms with Gasteiger partial charge in [0, 0.05) is 6.42 Å². The van der Waals surface area contributed by atoms with Gasteiger partial charge in [-0.2, -0.15) is 8.42 Å². The quantitative estimate of drug-likeness (QED) is 0.177. The fraction of sp³-hybridized carbons (Fsp3) is 0.707. The first-order valence-electron chi connectivity index (χ1n) is 18.8. The van der Waals surface area contributed by atoms with E-state index in [1.54, 1.807) is 12.1 Å². The molecule has 1 unspecified atom stereocenters. The van der Waals surface area contributed by atoms with Crippen LogP contribution in [0.1, 0.15) is 106 Å². The molecule has 49 heavy (non-hydrogen) atoms. The Morgan fingerprint density at radius 3 is 2.14 bits per heavy atom. The number of allylic oxidation sites excluding steroid dienone is 3. The van der Waals surface area contributed by atoms with Crippen molar-refractivity contribution >= 4 is 26.8 Å². The maximum Gasteiger partial charge on any atom is 0.296 e. The van der Waals surface area contributed by atoms with E-state index in [1.165, 1.54) is 17.6 Å². The van der Waals surface area contributed by atoms with Crippen LogP contribution in [0.2, 0.25) is 36.3 Å². The standard InChI is InChI=1S/C41H68O5SSi2/c1-29-17-21-35(22-18-29)47(42,43)44-28-30(2)36-23-24-37-32(16-15-25-41(36,37)10)19-20-33-26-34(45-48(11,12)39(4,5)6)27-38(31(33)3)46-49(13,14)40(7,8)9/h17-22,30,34,36-38H,3,15-16,23-28H2,1-2,4-14H3/b32-19+,33-20-/t30?,34-,36-,37+,38+,41-/m1/s1. The zero-order chi connectivity index (χ0) is 36.8. The van der Waals surface area contributed by atoms with E-state index in [9.17, 15) is 8.42 Å². The van der Waals surface area contributed by atoms with Gasteiger partial charge in [0.25, 0.3) is 10.1 Å². The van der Waals surface area contributed by atoms with Crippen LogP contribution in [0.25, 0.3) is 0 Å². The van der Waals surface area contributed by atoms with E-state index in [-0.39, 0.29) is 45.1 Å². The molecule has 4 rings (SSSR count). The summed E-state index contributed by atoms with van der Waals surface area (Å²) < 4.78 is 45.8. The second kappa shape index (κ2) is 14.6. The van der Waals surface area contributed by atoms with Crippen LogP contribution in [0.15, 0.2) is 64.6 Å². The number of hydrogen-bond acceptors (Lipinski definition) is 5. The minimum absolute atomic E-state index is 0.0291. The van der Waals surface area contributed by atoms with Gasteiger partial charge < -0.3 is 8.85 Å². The highest BCUT2D eigenvalue weighted by molar-refractivity contribution is 7.86. The van der Waals surface area contributed by atoms with Gasteiger partial charge in [0.05, 0.1) is 23.7 Å². The van der Waals surface area contributed by atoms with Crippen molar-refractivity contribution in [1.29, 1.82) is 0 Å². The van der Waals surface area contributed by atoms with Crippen molar-refractivity contribution in [3.05, 3.63) is 65.3 Å². The summed E-state index contributed by atoms with van der Waals surface area (Å²) in [6, 6.07) is 6.91. The summed E-state index contributed by atoms with van der Waals surface area (Å²) in [7, 11) is -7.78. The third-order valence-corrected chi connectivity index (χ3v) is 23.6. The average molecular weight is 729 g/mol. The molecule has 0 heterocycles. The van der Waals surface area contributed by atoms with Crippen LogP contribution in [0.3, 0.4) is 0 Å². The Labute approximate surface area is 302 Å². The van der Waals surface area contributed by atoms with Crippen molar-refractivity contribution in [3.8, 4) is 0 Å². The SMILES string of the molecule is C=C1/C(=C\C=C2/CCC[C@]3(C)[C@@H](C(C)COS(=O)(=O)c4ccc(C)cc4)CC[C@@H]23)C[C@@H](O[Si](C)(C)C(C)(C)C)C[C@@H]1O[Si](C)(C)C(C)(C)C. The lowest BCUT2D eigenvalue weighted by molar-refractivity contribution is 0.0760. The summed E-state index contributed by atoms with van der Waals surface area (Å²) in [4.78, 5) is 0.231. The molecule has 3 aliphatic rings. The minimum atomic E-state index is -3.78. The summed E-state index contributed by atoms with van der Waals surface area (Å²) in [5, 5.41) is 0.257. The van der Waals surface area contributed by atoms with Crippen molar-refractivity contribution in [2.45, 2.75) is 161 Å². The first-order chi connectivity index (χ1) is 22.4. The summed E-state index contributed by atoms with van der Waals surface area (Å²) in [5.41, 5.74) is 5.09. The van der Waals surface area contributed by atoms with Gasteiger partial charge in [0.15, 0.2) is 16.6 Å². The summed E-state index contributed by atoms with van der Waals surface area (Å²) in [6.07, 6.45) is 12.3. The molecule has 3 fully saturated rings. The first-order valence-corrected chi connectivity index (χ1v) is 26.0. The van der Waals surface area contributed by atoms with Crippen LogP contribution < -0.4 is 0 Å². The van der Waals surface area contributed by atoms with Gasteiger partial charge in [-0.25, -0.2) is 0 Å². The Morgan fingerprint density at radius 1 is 0.959 bits per heavy atom. The van der Waals surface area contributed by atoms with E-state index in [0.717, 1.165) is 49.7 Å². The maximum absolute atomic E-state index is 13.0. The molecular weight excluding hydrogens is 661 g/mol. The van der Waals surface area contributed by atoms with E-state index in [2.05, 4.69) is 100 Å². The van der Waals surface area contributed by atoms with E-state index in [4.69, 9.17) is 13.0 Å². The zero-order valence-electron chi connectivity index (χ0n) is 33.2. The number of hydrogen-bond donors (Lipinski definition) is 0. The Morgan fingerprint density at radius 2 is 1.55 bits per heavy atom.